The molecule has 0 saturated carbocycles. The average molecular weight is 271 g/mol. The lowest BCUT2D eigenvalue weighted by Crippen LogP contribution is -2.01. The molecule has 102 valence electrons. The van der Waals surface area contributed by atoms with Crippen LogP contribution in [0.25, 0.3) is 16.7 Å². The van der Waals surface area contributed by atoms with Crippen LogP contribution in [0.15, 0.2) is 36.4 Å². The van der Waals surface area contributed by atoms with Crippen molar-refractivity contribution in [1.82, 2.24) is 9.55 Å². The molecule has 0 bridgehead atoms. The van der Waals surface area contributed by atoms with Crippen molar-refractivity contribution in [1.29, 1.82) is 0 Å². The zero-order valence-corrected chi connectivity index (χ0v) is 11.2. The van der Waals surface area contributed by atoms with Crippen LogP contribution in [-0.2, 0) is 0 Å². The van der Waals surface area contributed by atoms with E-state index in [4.69, 9.17) is 10.5 Å². The van der Waals surface area contributed by atoms with Gasteiger partial charge in [-0.05, 0) is 36.8 Å². The quantitative estimate of drug-likeness (QED) is 0.779. The molecule has 0 amide bonds. The van der Waals surface area contributed by atoms with E-state index in [2.05, 4.69) is 4.98 Å². The Morgan fingerprint density at radius 1 is 1.20 bits per heavy atom. The first-order valence-electron chi connectivity index (χ1n) is 6.18. The summed E-state index contributed by atoms with van der Waals surface area (Å²) in [6, 6.07) is 10.5. The molecule has 0 unspecified atom stereocenters. The molecule has 0 fully saturated rings. The SMILES string of the molecule is COc1cc(-n2c(N)nc3ccc(C)cc32)ccc1F. The number of rotatable bonds is 2. The lowest BCUT2D eigenvalue weighted by atomic mass is 10.2. The molecule has 2 aromatic carbocycles. The molecule has 0 aliphatic carbocycles. The van der Waals surface area contributed by atoms with E-state index in [0.717, 1.165) is 16.6 Å². The average Bonchev–Trinajstić information content (AvgIpc) is 2.75. The normalized spacial score (nSPS) is 10.9. The Hall–Kier alpha value is -2.56. The number of hydrogen-bond donors (Lipinski definition) is 1. The minimum absolute atomic E-state index is 0.177. The van der Waals surface area contributed by atoms with Crippen LogP contribution in [0.2, 0.25) is 0 Å². The Morgan fingerprint density at radius 2 is 2.00 bits per heavy atom. The van der Waals surface area contributed by atoms with Gasteiger partial charge in [-0.2, -0.15) is 0 Å². The number of imidazole rings is 1. The second-order valence-electron chi connectivity index (χ2n) is 4.62. The summed E-state index contributed by atoms with van der Waals surface area (Å²) in [6.45, 7) is 2.00. The topological polar surface area (TPSA) is 53.1 Å². The minimum Gasteiger partial charge on any atom is -0.494 e. The lowest BCUT2D eigenvalue weighted by molar-refractivity contribution is 0.386. The molecule has 0 atom stereocenters. The highest BCUT2D eigenvalue weighted by atomic mass is 19.1. The number of fused-ring (bicyclic) bond motifs is 1. The summed E-state index contributed by atoms with van der Waals surface area (Å²) in [5.41, 5.74) is 9.49. The fourth-order valence-corrected chi connectivity index (χ4v) is 2.26. The molecule has 4 nitrogen and oxygen atoms in total. The van der Waals surface area contributed by atoms with Crippen molar-refractivity contribution in [2.45, 2.75) is 6.92 Å². The van der Waals surface area contributed by atoms with Gasteiger partial charge >= 0.3 is 0 Å². The van der Waals surface area contributed by atoms with Gasteiger partial charge in [0.25, 0.3) is 0 Å². The molecule has 20 heavy (non-hydrogen) atoms. The van der Waals surface area contributed by atoms with Crippen LogP contribution in [0.5, 0.6) is 5.75 Å². The number of anilines is 1. The van der Waals surface area contributed by atoms with Crippen molar-refractivity contribution >= 4 is 17.0 Å². The van der Waals surface area contributed by atoms with Gasteiger partial charge in [-0.15, -0.1) is 0 Å². The number of methoxy groups -OCH3 is 1. The van der Waals surface area contributed by atoms with Gasteiger partial charge in [0.1, 0.15) is 0 Å². The molecule has 3 aromatic rings. The van der Waals surface area contributed by atoms with Crippen LogP contribution in [0.1, 0.15) is 5.56 Å². The van der Waals surface area contributed by atoms with Crippen LogP contribution in [-0.4, -0.2) is 16.7 Å². The summed E-state index contributed by atoms with van der Waals surface area (Å²) in [5, 5.41) is 0. The predicted octanol–water partition coefficient (Wildman–Crippen LogP) is 3.06. The fraction of sp³-hybridized carbons (Fsp3) is 0.133. The van der Waals surface area contributed by atoms with Crippen LogP contribution >= 0.6 is 0 Å². The number of benzene rings is 2. The first-order valence-corrected chi connectivity index (χ1v) is 6.18. The summed E-state index contributed by atoms with van der Waals surface area (Å²) < 4.78 is 20.3. The van der Waals surface area contributed by atoms with Gasteiger partial charge in [-0.3, -0.25) is 4.57 Å². The van der Waals surface area contributed by atoms with E-state index in [1.54, 1.807) is 16.7 Å². The maximum Gasteiger partial charge on any atom is 0.205 e. The van der Waals surface area contributed by atoms with Crippen LogP contribution in [0, 0.1) is 12.7 Å². The Morgan fingerprint density at radius 3 is 2.75 bits per heavy atom. The Labute approximate surface area is 115 Å². The molecule has 1 heterocycles. The summed E-state index contributed by atoms with van der Waals surface area (Å²) in [5.74, 6) is 0.131. The maximum absolute atomic E-state index is 13.5. The number of nitrogens with zero attached hydrogens (tertiary/aromatic N) is 2. The van der Waals surface area contributed by atoms with Gasteiger partial charge in [0, 0.05) is 6.07 Å². The number of halogens is 1. The zero-order chi connectivity index (χ0) is 14.3. The first kappa shape index (κ1) is 12.5. The van der Waals surface area contributed by atoms with Gasteiger partial charge in [0.15, 0.2) is 11.6 Å². The monoisotopic (exact) mass is 271 g/mol. The first-order chi connectivity index (χ1) is 9.60. The van der Waals surface area contributed by atoms with Crippen LogP contribution in [0.3, 0.4) is 0 Å². The molecule has 0 saturated heterocycles. The van der Waals surface area contributed by atoms with Crippen molar-refractivity contribution in [3.05, 3.63) is 47.8 Å². The number of nitrogens with two attached hydrogens (primary N) is 1. The van der Waals surface area contributed by atoms with Gasteiger partial charge in [-0.25, -0.2) is 9.37 Å². The maximum atomic E-state index is 13.5. The molecule has 3 rings (SSSR count). The number of aromatic nitrogens is 2. The molecular formula is C15H14FN3O. The summed E-state index contributed by atoms with van der Waals surface area (Å²) >= 11 is 0. The third-order valence-corrected chi connectivity index (χ3v) is 3.23. The Bertz CT molecular complexity index is 795. The highest BCUT2D eigenvalue weighted by Gasteiger charge is 2.12. The number of ether oxygens (including phenoxy) is 1. The van der Waals surface area contributed by atoms with E-state index in [1.807, 2.05) is 25.1 Å². The van der Waals surface area contributed by atoms with Gasteiger partial charge in [0.2, 0.25) is 5.95 Å². The Balaban J connectivity index is 2.28. The van der Waals surface area contributed by atoms with Crippen molar-refractivity contribution in [3.8, 4) is 11.4 Å². The highest BCUT2D eigenvalue weighted by molar-refractivity contribution is 5.81. The Kier molecular flexibility index (Phi) is 2.82. The fourth-order valence-electron chi connectivity index (χ4n) is 2.26. The molecule has 5 heteroatoms. The van der Waals surface area contributed by atoms with E-state index >= 15 is 0 Å². The van der Waals surface area contributed by atoms with Gasteiger partial charge < -0.3 is 10.5 Å². The second kappa shape index (κ2) is 4.52. The van der Waals surface area contributed by atoms with Crippen LogP contribution in [0.4, 0.5) is 10.3 Å². The molecular weight excluding hydrogens is 257 g/mol. The van der Waals surface area contributed by atoms with Crippen molar-refractivity contribution < 1.29 is 9.13 Å². The van der Waals surface area contributed by atoms with E-state index in [0.29, 0.717) is 11.6 Å². The third kappa shape index (κ3) is 1.87. The van der Waals surface area contributed by atoms with Crippen molar-refractivity contribution in [3.63, 3.8) is 0 Å². The van der Waals surface area contributed by atoms with E-state index in [9.17, 15) is 4.39 Å². The van der Waals surface area contributed by atoms with E-state index in [1.165, 1.54) is 13.2 Å². The van der Waals surface area contributed by atoms with Gasteiger partial charge in [-0.1, -0.05) is 6.07 Å². The molecule has 2 N–H and O–H groups in total. The minimum atomic E-state index is -0.407. The second-order valence-corrected chi connectivity index (χ2v) is 4.62. The van der Waals surface area contributed by atoms with Gasteiger partial charge in [0.05, 0.1) is 23.8 Å². The van der Waals surface area contributed by atoms with Crippen molar-refractivity contribution in [2.75, 3.05) is 12.8 Å². The lowest BCUT2D eigenvalue weighted by Gasteiger charge is -2.09. The zero-order valence-electron chi connectivity index (χ0n) is 11.2. The summed E-state index contributed by atoms with van der Waals surface area (Å²) in [4.78, 5) is 4.31. The predicted molar refractivity (Wildman–Crippen MR) is 76.7 cm³/mol. The number of aryl methyl sites for hydroxylation is 1. The largest absolute Gasteiger partial charge is 0.494 e. The van der Waals surface area contributed by atoms with Crippen LogP contribution < -0.4 is 10.5 Å². The summed E-state index contributed by atoms with van der Waals surface area (Å²) in [7, 11) is 1.43. The molecule has 0 aliphatic heterocycles. The van der Waals surface area contributed by atoms with Crippen molar-refractivity contribution in [2.24, 2.45) is 0 Å². The molecule has 0 aliphatic rings. The number of hydrogen-bond acceptors (Lipinski definition) is 3. The third-order valence-electron chi connectivity index (χ3n) is 3.23. The smallest absolute Gasteiger partial charge is 0.205 e. The highest BCUT2D eigenvalue weighted by Crippen LogP contribution is 2.27. The van der Waals surface area contributed by atoms with E-state index < -0.39 is 5.82 Å². The standard InChI is InChI=1S/C15H14FN3O/c1-9-3-6-12-13(7-9)19(15(17)18-12)10-4-5-11(16)14(8-10)20-2/h3-8H,1-2H3,(H2,17,18). The molecule has 0 radical (unpaired) electrons. The molecule has 0 spiro atoms. The van der Waals surface area contributed by atoms with E-state index in [-0.39, 0.29) is 5.75 Å². The molecule has 1 aromatic heterocycles. The number of nitrogen functional groups attached to an aromatic ring is 1. The summed E-state index contributed by atoms with van der Waals surface area (Å²) in [6.07, 6.45) is 0.